The highest BCUT2D eigenvalue weighted by molar-refractivity contribution is 6.46. The number of nitrogens with zero attached hydrogens (tertiary/aromatic N) is 1. The van der Waals surface area contributed by atoms with Crippen LogP contribution in [0.15, 0.2) is 52.7 Å². The average Bonchev–Trinajstić information content (AvgIpc) is 3.31. The molecule has 2 aromatic rings. The minimum Gasteiger partial charge on any atom is -0.872 e. The van der Waals surface area contributed by atoms with Gasteiger partial charge in [0, 0.05) is 5.57 Å². The average molecular weight is 382 g/mol. The number of amides is 1. The topological polar surface area (TPSA) is 78.0 Å². The third-order valence-electron chi connectivity index (χ3n) is 5.36. The fourth-order valence-corrected chi connectivity index (χ4v) is 3.59. The lowest BCUT2D eigenvalue weighted by Crippen LogP contribution is -3.12. The Hall–Kier alpha value is -2.86. The molecule has 1 N–H and O–H groups in total. The summed E-state index contributed by atoms with van der Waals surface area (Å²) in [6.45, 7) is 9.03. The standard InChI is InChI=1S/C22H26N2O4/c1-4-23(5-2)12-13-24-19(17-7-6-14-28-17)18(21(26)22(24)27)20(25)16-10-8-15(3)9-11-16/h6-11,14,19,25H,4-5,12-13H2,1-3H3. The maximum Gasteiger partial charge on any atom is 0.295 e. The highest BCUT2D eigenvalue weighted by atomic mass is 16.3. The molecule has 1 unspecified atom stereocenters. The first-order chi connectivity index (χ1) is 13.5. The molecule has 28 heavy (non-hydrogen) atoms. The highest BCUT2D eigenvalue weighted by Gasteiger charge is 2.45. The normalized spacial score (nSPS) is 19.0. The molecule has 1 aliphatic rings. The first-order valence-corrected chi connectivity index (χ1v) is 9.68. The summed E-state index contributed by atoms with van der Waals surface area (Å²) < 4.78 is 5.51. The molecule has 1 atom stereocenters. The van der Waals surface area contributed by atoms with Crippen molar-refractivity contribution in [3.05, 3.63) is 65.1 Å². The van der Waals surface area contributed by atoms with E-state index in [0.717, 1.165) is 18.7 Å². The van der Waals surface area contributed by atoms with Crippen LogP contribution in [0.1, 0.15) is 36.8 Å². The van der Waals surface area contributed by atoms with Crippen LogP contribution in [0, 0.1) is 6.92 Å². The van der Waals surface area contributed by atoms with E-state index in [-0.39, 0.29) is 5.57 Å². The third kappa shape index (κ3) is 3.73. The molecule has 0 bridgehead atoms. The number of nitrogens with one attached hydrogen (secondary N) is 1. The molecule has 0 saturated carbocycles. The molecule has 1 aromatic heterocycles. The summed E-state index contributed by atoms with van der Waals surface area (Å²) in [4.78, 5) is 28.3. The van der Waals surface area contributed by atoms with E-state index in [4.69, 9.17) is 4.42 Å². The number of carbonyl (C=O) groups excluding carboxylic acids is 2. The van der Waals surface area contributed by atoms with Crippen molar-refractivity contribution in [1.82, 2.24) is 4.90 Å². The first-order valence-electron chi connectivity index (χ1n) is 9.68. The van der Waals surface area contributed by atoms with Crippen LogP contribution in [0.2, 0.25) is 0 Å². The number of likely N-dealkylation sites (N-methyl/N-ethyl adjacent to an activating group) is 1. The molecule has 0 aliphatic carbocycles. The summed E-state index contributed by atoms with van der Waals surface area (Å²) >= 11 is 0. The number of rotatable bonds is 7. The van der Waals surface area contributed by atoms with E-state index >= 15 is 0 Å². The molecule has 1 fully saturated rings. The van der Waals surface area contributed by atoms with Crippen LogP contribution in [0.4, 0.5) is 0 Å². The van der Waals surface area contributed by atoms with Crippen molar-refractivity contribution in [2.24, 2.45) is 0 Å². The van der Waals surface area contributed by atoms with E-state index in [1.54, 1.807) is 24.3 Å². The van der Waals surface area contributed by atoms with Gasteiger partial charge in [-0.2, -0.15) is 0 Å². The molecular weight excluding hydrogens is 356 g/mol. The monoisotopic (exact) mass is 382 g/mol. The Morgan fingerprint density at radius 1 is 1.14 bits per heavy atom. The molecule has 6 nitrogen and oxygen atoms in total. The lowest BCUT2D eigenvalue weighted by molar-refractivity contribution is -0.895. The number of carbonyl (C=O) groups is 2. The third-order valence-corrected chi connectivity index (χ3v) is 5.36. The van der Waals surface area contributed by atoms with E-state index in [9.17, 15) is 14.7 Å². The van der Waals surface area contributed by atoms with Gasteiger partial charge in [-0.1, -0.05) is 35.6 Å². The minimum absolute atomic E-state index is 0.0293. The smallest absolute Gasteiger partial charge is 0.295 e. The molecule has 0 radical (unpaired) electrons. The fourth-order valence-electron chi connectivity index (χ4n) is 3.59. The summed E-state index contributed by atoms with van der Waals surface area (Å²) in [7, 11) is 0. The zero-order valence-corrected chi connectivity index (χ0v) is 16.5. The van der Waals surface area contributed by atoms with Crippen molar-refractivity contribution in [2.45, 2.75) is 26.8 Å². The summed E-state index contributed by atoms with van der Waals surface area (Å²) in [6.07, 6.45) is 1.49. The predicted octanol–water partition coefficient (Wildman–Crippen LogP) is 0.737. The van der Waals surface area contributed by atoms with Crippen LogP contribution in [0.3, 0.4) is 0 Å². The number of likely N-dealkylation sites (tertiary alicyclic amines) is 1. The number of benzene rings is 1. The van der Waals surface area contributed by atoms with Gasteiger partial charge in [0.25, 0.3) is 5.91 Å². The second-order valence-electron chi connectivity index (χ2n) is 7.06. The van der Waals surface area contributed by atoms with Gasteiger partial charge >= 0.3 is 0 Å². The number of hydrogen-bond donors (Lipinski definition) is 1. The second-order valence-corrected chi connectivity index (χ2v) is 7.06. The zero-order chi connectivity index (χ0) is 20.3. The van der Waals surface area contributed by atoms with E-state index in [0.29, 0.717) is 24.4 Å². The van der Waals surface area contributed by atoms with Crippen LogP contribution in [0.25, 0.3) is 5.76 Å². The lowest BCUT2D eigenvalue weighted by atomic mass is 9.99. The number of hydrogen-bond acceptors (Lipinski definition) is 4. The van der Waals surface area contributed by atoms with E-state index in [2.05, 4.69) is 13.8 Å². The summed E-state index contributed by atoms with van der Waals surface area (Å²) in [6, 6.07) is 9.63. The zero-order valence-electron chi connectivity index (χ0n) is 16.5. The molecule has 6 heteroatoms. The van der Waals surface area contributed by atoms with E-state index in [1.165, 1.54) is 16.1 Å². The number of aryl methyl sites for hydroxylation is 1. The van der Waals surface area contributed by atoms with Crippen molar-refractivity contribution in [1.29, 1.82) is 0 Å². The van der Waals surface area contributed by atoms with Gasteiger partial charge in [-0.3, -0.25) is 9.59 Å². The summed E-state index contributed by atoms with van der Waals surface area (Å²) in [5.74, 6) is -1.36. The molecule has 2 heterocycles. The van der Waals surface area contributed by atoms with Gasteiger partial charge in [-0.25, -0.2) is 0 Å². The fraction of sp³-hybridized carbons (Fsp3) is 0.364. The summed E-state index contributed by atoms with van der Waals surface area (Å²) in [5.41, 5.74) is 1.38. The minimum atomic E-state index is -0.779. The largest absolute Gasteiger partial charge is 0.872 e. The maximum absolute atomic E-state index is 13.1. The SMILES string of the molecule is CC[NH+](CC)CCN1C(=O)C(=O)C(=C([O-])c2ccc(C)cc2)C1c1ccco1. The molecular formula is C22H26N2O4. The Bertz CT molecular complexity index is 864. The van der Waals surface area contributed by atoms with Gasteiger partial charge in [-0.15, -0.1) is 0 Å². The van der Waals surface area contributed by atoms with Crippen molar-refractivity contribution in [3.63, 3.8) is 0 Å². The second kappa shape index (κ2) is 8.44. The quantitative estimate of drug-likeness (QED) is 0.435. The van der Waals surface area contributed by atoms with E-state index < -0.39 is 23.5 Å². The van der Waals surface area contributed by atoms with Crippen LogP contribution in [-0.2, 0) is 9.59 Å². The van der Waals surface area contributed by atoms with E-state index in [1.807, 2.05) is 19.1 Å². The van der Waals surface area contributed by atoms with Crippen molar-refractivity contribution in [2.75, 3.05) is 26.2 Å². The number of quaternary nitrogens is 1. The Morgan fingerprint density at radius 3 is 2.39 bits per heavy atom. The number of furan rings is 1. The lowest BCUT2D eigenvalue weighted by Gasteiger charge is -2.27. The van der Waals surface area contributed by atoms with Crippen LogP contribution >= 0.6 is 0 Å². The van der Waals surface area contributed by atoms with Gasteiger partial charge in [-0.05, 0) is 38.5 Å². The molecule has 1 aliphatic heterocycles. The van der Waals surface area contributed by atoms with Gasteiger partial charge in [0.1, 0.15) is 11.8 Å². The molecule has 3 rings (SSSR count). The molecule has 1 saturated heterocycles. The summed E-state index contributed by atoms with van der Waals surface area (Å²) in [5, 5.41) is 13.1. The van der Waals surface area contributed by atoms with Crippen LogP contribution in [-0.4, -0.2) is 42.8 Å². The van der Waals surface area contributed by atoms with Gasteiger partial charge < -0.3 is 19.3 Å². The Kier molecular flexibility index (Phi) is 5.99. The molecule has 1 aromatic carbocycles. The number of Topliss-reactive ketones (excluding diaryl/α,β-unsaturated/α-hetero) is 1. The van der Waals surface area contributed by atoms with Crippen LogP contribution < -0.4 is 10.0 Å². The molecule has 0 spiro atoms. The molecule has 1 amide bonds. The first kappa shape index (κ1) is 19.9. The highest BCUT2D eigenvalue weighted by Crippen LogP contribution is 2.38. The maximum atomic E-state index is 13.1. The Morgan fingerprint density at radius 2 is 1.82 bits per heavy atom. The predicted molar refractivity (Wildman–Crippen MR) is 103 cm³/mol. The van der Waals surface area contributed by atoms with Crippen LogP contribution in [0.5, 0.6) is 0 Å². The Balaban J connectivity index is 2.03. The molecule has 148 valence electrons. The van der Waals surface area contributed by atoms with Crippen molar-refractivity contribution >= 4 is 17.4 Å². The van der Waals surface area contributed by atoms with Gasteiger partial charge in [0.05, 0.1) is 32.4 Å². The van der Waals surface area contributed by atoms with Gasteiger partial charge in [0.2, 0.25) is 5.78 Å². The number of ketones is 1. The van der Waals surface area contributed by atoms with Crippen molar-refractivity contribution < 1.29 is 24.0 Å². The van der Waals surface area contributed by atoms with Gasteiger partial charge in [0.15, 0.2) is 0 Å². The van der Waals surface area contributed by atoms with Crippen molar-refractivity contribution in [3.8, 4) is 0 Å². The Labute approximate surface area is 165 Å².